The number of piperidine rings is 1. The summed E-state index contributed by atoms with van der Waals surface area (Å²) in [7, 11) is 3.90. The monoisotopic (exact) mass is 326 g/mol. The molecule has 1 aliphatic heterocycles. The SMILES string of the molecule is COc1ccc(CNC2CCN(C)C(C)C2)cc1Br. The molecule has 0 amide bonds. The maximum Gasteiger partial charge on any atom is 0.133 e. The number of nitrogens with zero attached hydrogens (tertiary/aromatic N) is 1. The molecule has 2 rings (SSSR count). The lowest BCUT2D eigenvalue weighted by molar-refractivity contribution is 0.168. The minimum absolute atomic E-state index is 0.632. The van der Waals surface area contributed by atoms with Crippen LogP contribution in [0.2, 0.25) is 0 Å². The number of hydrogen-bond acceptors (Lipinski definition) is 3. The maximum absolute atomic E-state index is 5.25. The molecule has 19 heavy (non-hydrogen) atoms. The first-order chi connectivity index (χ1) is 9.10. The van der Waals surface area contributed by atoms with E-state index in [9.17, 15) is 0 Å². The van der Waals surface area contributed by atoms with E-state index in [1.807, 2.05) is 6.07 Å². The Bertz CT molecular complexity index is 425. The van der Waals surface area contributed by atoms with Gasteiger partial charge in [-0.05, 0) is 67.0 Å². The summed E-state index contributed by atoms with van der Waals surface area (Å²) in [6, 6.07) is 7.57. The number of nitrogens with one attached hydrogen (secondary N) is 1. The molecule has 1 heterocycles. The van der Waals surface area contributed by atoms with E-state index >= 15 is 0 Å². The van der Waals surface area contributed by atoms with Crippen molar-refractivity contribution in [2.45, 2.75) is 38.4 Å². The van der Waals surface area contributed by atoms with Crippen molar-refractivity contribution in [2.24, 2.45) is 0 Å². The molecule has 1 aromatic carbocycles. The molecule has 3 nitrogen and oxygen atoms in total. The fraction of sp³-hybridized carbons (Fsp3) is 0.600. The number of methoxy groups -OCH3 is 1. The van der Waals surface area contributed by atoms with Crippen LogP contribution in [0, 0.1) is 0 Å². The Balaban J connectivity index is 1.87. The van der Waals surface area contributed by atoms with Gasteiger partial charge < -0.3 is 15.0 Å². The van der Waals surface area contributed by atoms with Crippen LogP contribution in [0.3, 0.4) is 0 Å². The average molecular weight is 327 g/mol. The molecular formula is C15H23BrN2O. The molecule has 106 valence electrons. The quantitative estimate of drug-likeness (QED) is 0.920. The van der Waals surface area contributed by atoms with E-state index in [1.165, 1.54) is 24.9 Å². The minimum atomic E-state index is 0.632. The van der Waals surface area contributed by atoms with Crippen LogP contribution < -0.4 is 10.1 Å². The Morgan fingerprint density at radius 3 is 2.89 bits per heavy atom. The van der Waals surface area contributed by atoms with Crippen LogP contribution >= 0.6 is 15.9 Å². The number of benzene rings is 1. The third kappa shape index (κ3) is 3.94. The third-order valence-electron chi connectivity index (χ3n) is 4.02. The molecular weight excluding hydrogens is 304 g/mol. The van der Waals surface area contributed by atoms with E-state index in [2.05, 4.69) is 52.3 Å². The molecule has 0 saturated carbocycles. The van der Waals surface area contributed by atoms with Gasteiger partial charge in [0.15, 0.2) is 0 Å². The van der Waals surface area contributed by atoms with Crippen LogP contribution in [-0.4, -0.2) is 37.7 Å². The van der Waals surface area contributed by atoms with Gasteiger partial charge in [-0.3, -0.25) is 0 Å². The van der Waals surface area contributed by atoms with Gasteiger partial charge >= 0.3 is 0 Å². The van der Waals surface area contributed by atoms with E-state index in [4.69, 9.17) is 4.74 Å². The molecule has 0 bridgehead atoms. The fourth-order valence-corrected chi connectivity index (χ4v) is 3.14. The van der Waals surface area contributed by atoms with Crippen molar-refractivity contribution < 1.29 is 4.74 Å². The van der Waals surface area contributed by atoms with Crippen LogP contribution in [0.5, 0.6) is 5.75 Å². The summed E-state index contributed by atoms with van der Waals surface area (Å²) in [5.74, 6) is 0.886. The number of likely N-dealkylation sites (tertiary alicyclic amines) is 1. The van der Waals surface area contributed by atoms with Crippen molar-refractivity contribution in [3.63, 3.8) is 0 Å². The maximum atomic E-state index is 5.25. The van der Waals surface area contributed by atoms with Crippen molar-refractivity contribution >= 4 is 15.9 Å². The van der Waals surface area contributed by atoms with Gasteiger partial charge in [0.05, 0.1) is 11.6 Å². The Morgan fingerprint density at radius 2 is 2.26 bits per heavy atom. The van der Waals surface area contributed by atoms with Crippen molar-refractivity contribution in [3.8, 4) is 5.75 Å². The van der Waals surface area contributed by atoms with Gasteiger partial charge in [-0.15, -0.1) is 0 Å². The second-order valence-corrected chi connectivity index (χ2v) is 6.26. The van der Waals surface area contributed by atoms with Crippen LogP contribution in [-0.2, 0) is 6.54 Å². The summed E-state index contributed by atoms with van der Waals surface area (Å²) in [6.45, 7) is 4.41. The molecule has 2 atom stereocenters. The van der Waals surface area contributed by atoms with Crippen LogP contribution in [0.15, 0.2) is 22.7 Å². The lowest BCUT2D eigenvalue weighted by Crippen LogP contribution is -2.45. The van der Waals surface area contributed by atoms with E-state index in [0.29, 0.717) is 12.1 Å². The highest BCUT2D eigenvalue weighted by molar-refractivity contribution is 9.10. The van der Waals surface area contributed by atoms with Crippen molar-refractivity contribution in [2.75, 3.05) is 20.7 Å². The Morgan fingerprint density at radius 1 is 1.47 bits per heavy atom. The second-order valence-electron chi connectivity index (χ2n) is 5.40. The summed E-state index contributed by atoms with van der Waals surface area (Å²) in [6.07, 6.45) is 2.46. The number of halogens is 1. The van der Waals surface area contributed by atoms with Gasteiger partial charge in [0.25, 0.3) is 0 Å². The molecule has 4 heteroatoms. The molecule has 0 spiro atoms. The normalized spacial score (nSPS) is 24.4. The van der Waals surface area contributed by atoms with Crippen molar-refractivity contribution in [3.05, 3.63) is 28.2 Å². The standard InChI is InChI=1S/C15H23BrN2O/c1-11-8-13(6-7-18(11)2)17-10-12-4-5-15(19-3)14(16)9-12/h4-5,9,11,13,17H,6-8,10H2,1-3H3. The van der Waals surface area contributed by atoms with E-state index in [0.717, 1.165) is 16.8 Å². The van der Waals surface area contributed by atoms with E-state index in [-0.39, 0.29) is 0 Å². The molecule has 1 aromatic rings. The highest BCUT2D eigenvalue weighted by atomic mass is 79.9. The van der Waals surface area contributed by atoms with Crippen LogP contribution in [0.1, 0.15) is 25.3 Å². The van der Waals surface area contributed by atoms with Crippen molar-refractivity contribution in [1.82, 2.24) is 10.2 Å². The van der Waals surface area contributed by atoms with Crippen LogP contribution in [0.4, 0.5) is 0 Å². The summed E-state index contributed by atoms with van der Waals surface area (Å²) >= 11 is 3.53. The highest BCUT2D eigenvalue weighted by Crippen LogP contribution is 2.25. The smallest absolute Gasteiger partial charge is 0.133 e. The van der Waals surface area contributed by atoms with Crippen molar-refractivity contribution in [1.29, 1.82) is 0 Å². The number of hydrogen-bond donors (Lipinski definition) is 1. The largest absolute Gasteiger partial charge is 0.496 e. The zero-order chi connectivity index (χ0) is 13.8. The van der Waals surface area contributed by atoms with Gasteiger partial charge in [0.1, 0.15) is 5.75 Å². The van der Waals surface area contributed by atoms with Gasteiger partial charge in [-0.2, -0.15) is 0 Å². The Labute approximate surface area is 124 Å². The number of rotatable bonds is 4. The predicted octanol–water partition coefficient (Wildman–Crippen LogP) is 3.03. The number of ether oxygens (including phenoxy) is 1. The van der Waals surface area contributed by atoms with Crippen LogP contribution in [0.25, 0.3) is 0 Å². The fourth-order valence-electron chi connectivity index (χ4n) is 2.56. The van der Waals surface area contributed by atoms with Gasteiger partial charge in [-0.1, -0.05) is 6.07 Å². The minimum Gasteiger partial charge on any atom is -0.496 e. The zero-order valence-corrected chi connectivity index (χ0v) is 13.5. The molecule has 1 saturated heterocycles. The molecule has 0 aromatic heterocycles. The zero-order valence-electron chi connectivity index (χ0n) is 11.9. The van der Waals surface area contributed by atoms with Gasteiger partial charge in [0, 0.05) is 18.6 Å². The highest BCUT2D eigenvalue weighted by Gasteiger charge is 2.22. The predicted molar refractivity (Wildman–Crippen MR) is 82.6 cm³/mol. The molecule has 1 N–H and O–H groups in total. The molecule has 1 fully saturated rings. The molecule has 0 radical (unpaired) electrons. The van der Waals surface area contributed by atoms with E-state index < -0.39 is 0 Å². The van der Waals surface area contributed by atoms with Gasteiger partial charge in [0.2, 0.25) is 0 Å². The Kier molecular flexibility index (Phi) is 5.25. The first kappa shape index (κ1) is 14.8. The molecule has 0 aliphatic carbocycles. The Hall–Kier alpha value is -0.580. The molecule has 2 unspecified atom stereocenters. The summed E-state index contributed by atoms with van der Waals surface area (Å²) < 4.78 is 6.27. The summed E-state index contributed by atoms with van der Waals surface area (Å²) in [4.78, 5) is 2.43. The second kappa shape index (κ2) is 6.73. The lowest BCUT2D eigenvalue weighted by Gasteiger charge is -2.35. The third-order valence-corrected chi connectivity index (χ3v) is 4.64. The lowest BCUT2D eigenvalue weighted by atomic mass is 9.99. The summed E-state index contributed by atoms with van der Waals surface area (Å²) in [5.41, 5.74) is 1.29. The summed E-state index contributed by atoms with van der Waals surface area (Å²) in [5, 5.41) is 3.67. The first-order valence-corrected chi connectivity index (χ1v) is 7.65. The molecule has 1 aliphatic rings. The van der Waals surface area contributed by atoms with E-state index in [1.54, 1.807) is 7.11 Å². The van der Waals surface area contributed by atoms with Gasteiger partial charge in [-0.25, -0.2) is 0 Å². The first-order valence-electron chi connectivity index (χ1n) is 6.86. The topological polar surface area (TPSA) is 24.5 Å². The average Bonchev–Trinajstić information content (AvgIpc) is 2.40.